The van der Waals surface area contributed by atoms with Gasteiger partial charge in [-0.2, -0.15) is 0 Å². The van der Waals surface area contributed by atoms with Crippen molar-refractivity contribution in [3.8, 4) is 12.3 Å². The van der Waals surface area contributed by atoms with E-state index in [1.165, 1.54) is 0 Å². The second kappa shape index (κ2) is 3.08. The molecule has 0 aromatic carbocycles. The molecular weight excluding hydrogens is 140 g/mol. The minimum absolute atomic E-state index is 0.414. The molecule has 1 aliphatic rings. The lowest BCUT2D eigenvalue weighted by atomic mass is 9.89. The predicted octanol–water partition coefficient (Wildman–Crippen LogP) is 0.452. The maximum Gasteiger partial charge on any atom is 0.0784 e. The van der Waals surface area contributed by atoms with Crippen LogP contribution in [-0.4, -0.2) is 22.4 Å². The summed E-state index contributed by atoms with van der Waals surface area (Å²) >= 11 is 0. The highest BCUT2D eigenvalue weighted by Gasteiger charge is 2.22. The minimum Gasteiger partial charge on any atom is -0.393 e. The highest BCUT2D eigenvalue weighted by atomic mass is 16.3. The van der Waals surface area contributed by atoms with Crippen molar-refractivity contribution in [1.82, 2.24) is 0 Å². The Morgan fingerprint density at radius 1 is 1.55 bits per heavy atom. The molecule has 0 heterocycles. The number of hydrogen-bond acceptors (Lipinski definition) is 2. The zero-order valence-corrected chi connectivity index (χ0v) is 6.54. The molecule has 0 aliphatic heterocycles. The van der Waals surface area contributed by atoms with Crippen LogP contribution in [0.1, 0.15) is 19.8 Å². The molecule has 1 aliphatic carbocycles. The minimum atomic E-state index is -0.551. The van der Waals surface area contributed by atoms with Gasteiger partial charge in [0.15, 0.2) is 0 Å². The normalized spacial score (nSPS) is 31.8. The standard InChI is InChI=1S/C9H12O2/c1-3-7-4-8(10)5-9(11)6(7)2/h1,8-11H,4-5H2,2H3/t8-,9-/m1/s1. The Morgan fingerprint density at radius 3 is 2.73 bits per heavy atom. The maximum atomic E-state index is 9.34. The Balaban J connectivity index is 2.88. The van der Waals surface area contributed by atoms with Gasteiger partial charge in [-0.3, -0.25) is 0 Å². The average Bonchev–Trinajstić information content (AvgIpc) is 1.96. The number of aliphatic hydroxyl groups excluding tert-OH is 2. The summed E-state index contributed by atoms with van der Waals surface area (Å²) in [6, 6.07) is 0. The van der Waals surface area contributed by atoms with E-state index in [0.29, 0.717) is 12.8 Å². The van der Waals surface area contributed by atoms with Gasteiger partial charge in [0.05, 0.1) is 12.2 Å². The van der Waals surface area contributed by atoms with Crippen LogP contribution < -0.4 is 0 Å². The summed E-state index contributed by atoms with van der Waals surface area (Å²) in [4.78, 5) is 0. The topological polar surface area (TPSA) is 40.5 Å². The van der Waals surface area contributed by atoms with E-state index in [1.807, 2.05) is 6.92 Å². The molecule has 2 nitrogen and oxygen atoms in total. The van der Waals surface area contributed by atoms with E-state index in [1.54, 1.807) is 0 Å². The van der Waals surface area contributed by atoms with Crippen molar-refractivity contribution in [2.45, 2.75) is 32.0 Å². The van der Waals surface area contributed by atoms with Crippen LogP contribution >= 0.6 is 0 Å². The molecule has 0 unspecified atom stereocenters. The van der Waals surface area contributed by atoms with Gasteiger partial charge in [-0.15, -0.1) is 6.42 Å². The average molecular weight is 152 g/mol. The third-order valence-corrected chi connectivity index (χ3v) is 2.09. The molecule has 0 spiro atoms. The highest BCUT2D eigenvalue weighted by molar-refractivity contribution is 5.34. The van der Waals surface area contributed by atoms with Crippen molar-refractivity contribution in [3.05, 3.63) is 11.1 Å². The highest BCUT2D eigenvalue weighted by Crippen LogP contribution is 2.24. The lowest BCUT2D eigenvalue weighted by molar-refractivity contribution is 0.0882. The first-order valence-corrected chi connectivity index (χ1v) is 3.67. The van der Waals surface area contributed by atoms with Crippen molar-refractivity contribution < 1.29 is 10.2 Å². The molecule has 1 rings (SSSR count). The van der Waals surface area contributed by atoms with Crippen molar-refractivity contribution in [1.29, 1.82) is 0 Å². The Hall–Kier alpha value is -0.780. The molecule has 2 N–H and O–H groups in total. The molecule has 0 aromatic rings. The van der Waals surface area contributed by atoms with Crippen LogP contribution in [0, 0.1) is 12.3 Å². The monoisotopic (exact) mass is 152 g/mol. The fraction of sp³-hybridized carbons (Fsp3) is 0.556. The molecule has 60 valence electrons. The lowest BCUT2D eigenvalue weighted by Crippen LogP contribution is -2.25. The fourth-order valence-electron chi connectivity index (χ4n) is 1.29. The van der Waals surface area contributed by atoms with Gasteiger partial charge in [-0.05, 0) is 12.5 Å². The van der Waals surface area contributed by atoms with Gasteiger partial charge in [0.2, 0.25) is 0 Å². The summed E-state index contributed by atoms with van der Waals surface area (Å²) in [5, 5.41) is 18.5. The van der Waals surface area contributed by atoms with Crippen LogP contribution in [-0.2, 0) is 0 Å². The second-order valence-corrected chi connectivity index (χ2v) is 2.92. The first kappa shape index (κ1) is 8.32. The molecular formula is C9H12O2. The van der Waals surface area contributed by atoms with Gasteiger partial charge in [-0.1, -0.05) is 5.92 Å². The number of aliphatic hydroxyl groups is 2. The summed E-state index contributed by atoms with van der Waals surface area (Å²) in [5.74, 6) is 2.47. The molecule has 0 amide bonds. The van der Waals surface area contributed by atoms with E-state index in [-0.39, 0.29) is 0 Å². The Kier molecular flexibility index (Phi) is 2.33. The number of terminal acetylenes is 1. The molecule has 0 fully saturated rings. The van der Waals surface area contributed by atoms with Crippen LogP contribution in [0.2, 0.25) is 0 Å². The largest absolute Gasteiger partial charge is 0.393 e. The van der Waals surface area contributed by atoms with Gasteiger partial charge in [-0.25, -0.2) is 0 Å². The summed E-state index contributed by atoms with van der Waals surface area (Å²) in [7, 11) is 0. The first-order valence-electron chi connectivity index (χ1n) is 3.67. The van der Waals surface area contributed by atoms with Crippen LogP contribution in [0.15, 0.2) is 11.1 Å². The van der Waals surface area contributed by atoms with Gasteiger partial charge in [0.1, 0.15) is 0 Å². The number of hydrogen-bond donors (Lipinski definition) is 2. The Morgan fingerprint density at radius 2 is 2.18 bits per heavy atom. The molecule has 0 aromatic heterocycles. The van der Waals surface area contributed by atoms with E-state index >= 15 is 0 Å². The van der Waals surface area contributed by atoms with Crippen molar-refractivity contribution >= 4 is 0 Å². The zero-order chi connectivity index (χ0) is 8.43. The van der Waals surface area contributed by atoms with Gasteiger partial charge in [0.25, 0.3) is 0 Å². The molecule has 2 heteroatoms. The van der Waals surface area contributed by atoms with Crippen LogP contribution in [0.3, 0.4) is 0 Å². The Labute approximate surface area is 66.6 Å². The van der Waals surface area contributed by atoms with E-state index in [9.17, 15) is 10.2 Å². The maximum absolute atomic E-state index is 9.34. The van der Waals surface area contributed by atoms with E-state index in [2.05, 4.69) is 5.92 Å². The summed E-state index contributed by atoms with van der Waals surface area (Å²) in [6.07, 6.45) is 5.09. The van der Waals surface area contributed by atoms with Crippen molar-refractivity contribution in [3.63, 3.8) is 0 Å². The predicted molar refractivity (Wildman–Crippen MR) is 42.8 cm³/mol. The third kappa shape index (κ3) is 1.62. The fourth-order valence-corrected chi connectivity index (χ4v) is 1.29. The first-order chi connectivity index (χ1) is 5.15. The lowest BCUT2D eigenvalue weighted by Gasteiger charge is -2.23. The quantitative estimate of drug-likeness (QED) is 0.495. The molecule has 0 bridgehead atoms. The van der Waals surface area contributed by atoms with Gasteiger partial charge < -0.3 is 10.2 Å². The molecule has 0 radical (unpaired) electrons. The molecule has 11 heavy (non-hydrogen) atoms. The Bertz CT molecular complexity index is 222. The van der Waals surface area contributed by atoms with Crippen molar-refractivity contribution in [2.75, 3.05) is 0 Å². The van der Waals surface area contributed by atoms with Crippen molar-refractivity contribution in [2.24, 2.45) is 0 Å². The summed E-state index contributed by atoms with van der Waals surface area (Å²) in [6.45, 7) is 1.81. The molecule has 0 saturated carbocycles. The van der Waals surface area contributed by atoms with E-state index in [4.69, 9.17) is 6.42 Å². The van der Waals surface area contributed by atoms with Crippen LogP contribution in [0.25, 0.3) is 0 Å². The van der Waals surface area contributed by atoms with E-state index in [0.717, 1.165) is 11.1 Å². The summed E-state index contributed by atoms with van der Waals surface area (Å²) < 4.78 is 0. The smallest absolute Gasteiger partial charge is 0.0784 e. The summed E-state index contributed by atoms with van der Waals surface area (Å²) in [5.41, 5.74) is 1.58. The second-order valence-electron chi connectivity index (χ2n) is 2.92. The number of rotatable bonds is 0. The zero-order valence-electron chi connectivity index (χ0n) is 6.54. The SMILES string of the molecule is C#CC1=C(C)[C@H](O)C[C@H](O)C1. The van der Waals surface area contributed by atoms with Crippen LogP contribution in [0.4, 0.5) is 0 Å². The van der Waals surface area contributed by atoms with Gasteiger partial charge >= 0.3 is 0 Å². The molecule has 0 saturated heterocycles. The van der Waals surface area contributed by atoms with E-state index < -0.39 is 12.2 Å². The van der Waals surface area contributed by atoms with Gasteiger partial charge in [0, 0.05) is 18.4 Å². The third-order valence-electron chi connectivity index (χ3n) is 2.09. The molecule has 2 atom stereocenters. The van der Waals surface area contributed by atoms with Crippen LogP contribution in [0.5, 0.6) is 0 Å².